The highest BCUT2D eigenvalue weighted by Gasteiger charge is 2.32. The molecule has 1 aromatic carbocycles. The van der Waals surface area contributed by atoms with Gasteiger partial charge in [0.1, 0.15) is 5.60 Å². The highest BCUT2D eigenvalue weighted by Crippen LogP contribution is 2.31. The van der Waals surface area contributed by atoms with Crippen molar-refractivity contribution in [2.75, 3.05) is 5.73 Å². The molecule has 0 bridgehead atoms. The number of anilines is 1. The van der Waals surface area contributed by atoms with Crippen molar-refractivity contribution in [2.45, 2.75) is 24.9 Å². The van der Waals surface area contributed by atoms with Crippen LogP contribution in [0.4, 0.5) is 5.95 Å². The van der Waals surface area contributed by atoms with Crippen LogP contribution in [0.3, 0.4) is 0 Å². The van der Waals surface area contributed by atoms with Crippen LogP contribution in [-0.4, -0.2) is 25.2 Å². The van der Waals surface area contributed by atoms with E-state index in [-0.39, 0.29) is 5.95 Å². The smallest absolute Gasteiger partial charge is 0.221 e. The number of hydrogen-bond acceptors (Lipinski definition) is 4. The van der Waals surface area contributed by atoms with Gasteiger partial charge >= 0.3 is 0 Å². The summed E-state index contributed by atoms with van der Waals surface area (Å²) in [4.78, 5) is 8.26. The number of nitrogens with zero attached hydrogens (tertiary/aromatic N) is 3. The molecule has 2 aromatic heterocycles. The van der Waals surface area contributed by atoms with Crippen molar-refractivity contribution in [1.29, 1.82) is 0 Å². The van der Waals surface area contributed by atoms with Crippen LogP contribution in [0.1, 0.15) is 24.8 Å². The summed E-state index contributed by atoms with van der Waals surface area (Å²) >= 11 is 6.26. The molecule has 1 fully saturated rings. The Morgan fingerprint density at radius 1 is 1.33 bits per heavy atom. The van der Waals surface area contributed by atoms with E-state index in [1.165, 1.54) is 0 Å². The molecule has 120 valence electrons. The molecule has 0 atom stereocenters. The van der Waals surface area contributed by atoms with Crippen LogP contribution in [0.25, 0.3) is 16.7 Å². The van der Waals surface area contributed by atoms with Gasteiger partial charge in [-0.2, -0.15) is 4.98 Å². The Bertz CT molecular complexity index is 995. The van der Waals surface area contributed by atoms with Gasteiger partial charge in [-0.15, -0.1) is 0 Å². The number of aromatic nitrogens is 3. The zero-order valence-electron chi connectivity index (χ0n) is 12.8. The van der Waals surface area contributed by atoms with Crippen LogP contribution in [-0.2, 0) is 0 Å². The average Bonchev–Trinajstić information content (AvgIpc) is 2.88. The molecule has 0 saturated heterocycles. The number of benzene rings is 1. The van der Waals surface area contributed by atoms with E-state index in [1.54, 1.807) is 12.4 Å². The van der Waals surface area contributed by atoms with Gasteiger partial charge in [0, 0.05) is 23.6 Å². The van der Waals surface area contributed by atoms with E-state index in [9.17, 15) is 5.11 Å². The number of hydrogen-bond donors (Lipinski definition) is 2. The Labute approximate surface area is 144 Å². The largest absolute Gasteiger partial charge is 0.378 e. The first-order valence-corrected chi connectivity index (χ1v) is 8.07. The summed E-state index contributed by atoms with van der Waals surface area (Å²) in [6.07, 6.45) is 5.92. The van der Waals surface area contributed by atoms with E-state index in [0.717, 1.165) is 35.9 Å². The third-order valence-electron chi connectivity index (χ3n) is 4.26. The summed E-state index contributed by atoms with van der Waals surface area (Å²) in [5.41, 5.74) is 7.23. The van der Waals surface area contributed by atoms with Crippen LogP contribution in [0, 0.1) is 11.8 Å². The zero-order chi connectivity index (χ0) is 16.7. The van der Waals surface area contributed by atoms with E-state index in [0.29, 0.717) is 10.7 Å². The molecule has 0 aliphatic heterocycles. The lowest BCUT2D eigenvalue weighted by Crippen LogP contribution is -2.34. The molecule has 3 aromatic rings. The fourth-order valence-corrected chi connectivity index (χ4v) is 2.97. The van der Waals surface area contributed by atoms with E-state index in [1.807, 2.05) is 28.8 Å². The van der Waals surface area contributed by atoms with Gasteiger partial charge < -0.3 is 10.8 Å². The normalized spacial score (nSPS) is 15.6. The molecule has 1 saturated carbocycles. The quantitative estimate of drug-likeness (QED) is 0.669. The first-order chi connectivity index (χ1) is 11.5. The Morgan fingerprint density at radius 3 is 2.92 bits per heavy atom. The minimum absolute atomic E-state index is 0.196. The number of nitrogens with two attached hydrogens (primary N) is 1. The van der Waals surface area contributed by atoms with Crippen LogP contribution < -0.4 is 5.73 Å². The molecule has 6 heteroatoms. The summed E-state index contributed by atoms with van der Waals surface area (Å²) in [5.74, 6) is 6.22. The summed E-state index contributed by atoms with van der Waals surface area (Å²) < 4.78 is 1.86. The first-order valence-electron chi connectivity index (χ1n) is 7.69. The molecule has 1 aliphatic carbocycles. The number of rotatable bonds is 1. The number of nitrogen functional groups attached to an aromatic ring is 1. The Hall–Kier alpha value is -2.55. The molecule has 1 aliphatic rings. The minimum atomic E-state index is -0.818. The lowest BCUT2D eigenvalue weighted by atomic mass is 9.81. The zero-order valence-corrected chi connectivity index (χ0v) is 13.6. The fourth-order valence-electron chi connectivity index (χ4n) is 2.74. The van der Waals surface area contributed by atoms with Gasteiger partial charge in [-0.25, -0.2) is 4.98 Å². The SMILES string of the molecule is Nc1ncc2c(Cl)cn(-c3cccc(C#CC4(O)CCC4)c3)c2n1. The molecule has 4 rings (SSSR count). The summed E-state index contributed by atoms with van der Waals surface area (Å²) in [7, 11) is 0. The molecule has 2 heterocycles. The molecular weight excluding hydrogens is 324 g/mol. The van der Waals surface area contributed by atoms with Gasteiger partial charge in [0.25, 0.3) is 0 Å². The van der Waals surface area contributed by atoms with E-state index < -0.39 is 5.60 Å². The van der Waals surface area contributed by atoms with Crippen molar-refractivity contribution in [3.05, 3.63) is 47.2 Å². The molecule has 5 nitrogen and oxygen atoms in total. The summed E-state index contributed by atoms with van der Waals surface area (Å²) in [6.45, 7) is 0. The van der Waals surface area contributed by atoms with Crippen LogP contribution in [0.5, 0.6) is 0 Å². The molecule has 3 N–H and O–H groups in total. The first kappa shape index (κ1) is 15.0. The maximum absolute atomic E-state index is 10.1. The lowest BCUT2D eigenvalue weighted by molar-refractivity contribution is 0.0240. The third kappa shape index (κ3) is 2.60. The van der Waals surface area contributed by atoms with Crippen molar-refractivity contribution in [3.8, 4) is 17.5 Å². The number of halogens is 1. The van der Waals surface area contributed by atoms with Gasteiger partial charge in [0.05, 0.1) is 10.4 Å². The van der Waals surface area contributed by atoms with Crippen LogP contribution in [0.2, 0.25) is 5.02 Å². The lowest BCUT2D eigenvalue weighted by Gasteiger charge is -2.30. The van der Waals surface area contributed by atoms with Crippen molar-refractivity contribution >= 4 is 28.6 Å². The van der Waals surface area contributed by atoms with E-state index >= 15 is 0 Å². The van der Waals surface area contributed by atoms with Gasteiger partial charge in [-0.3, -0.25) is 4.57 Å². The van der Waals surface area contributed by atoms with Gasteiger partial charge in [0.15, 0.2) is 5.65 Å². The maximum Gasteiger partial charge on any atom is 0.221 e. The highest BCUT2D eigenvalue weighted by molar-refractivity contribution is 6.35. The van der Waals surface area contributed by atoms with Gasteiger partial charge in [-0.05, 0) is 37.5 Å². The number of aliphatic hydroxyl groups is 1. The second-order valence-electron chi connectivity index (χ2n) is 6.00. The second kappa shape index (κ2) is 5.52. The standard InChI is InChI=1S/C18H15ClN4O/c19-15-11-23(16-14(15)10-21-17(20)22-16)13-4-1-3-12(9-13)5-8-18(24)6-2-7-18/h1,3-4,9-11,24H,2,6-7H2,(H2,20,21,22). The van der Waals surface area contributed by atoms with Crippen LogP contribution in [0.15, 0.2) is 36.7 Å². The summed E-state index contributed by atoms with van der Waals surface area (Å²) in [6, 6.07) is 7.70. The van der Waals surface area contributed by atoms with Crippen molar-refractivity contribution < 1.29 is 5.11 Å². The maximum atomic E-state index is 10.1. The molecule has 24 heavy (non-hydrogen) atoms. The predicted octanol–water partition coefficient (Wildman–Crippen LogP) is 2.92. The Kier molecular flexibility index (Phi) is 3.45. The Balaban J connectivity index is 1.78. The third-order valence-corrected chi connectivity index (χ3v) is 4.56. The van der Waals surface area contributed by atoms with Gasteiger partial charge in [0.2, 0.25) is 5.95 Å². The predicted molar refractivity (Wildman–Crippen MR) is 94.0 cm³/mol. The minimum Gasteiger partial charge on any atom is -0.378 e. The molecule has 0 amide bonds. The number of fused-ring (bicyclic) bond motifs is 1. The Morgan fingerprint density at radius 2 is 2.17 bits per heavy atom. The molecular formula is C18H15ClN4O. The van der Waals surface area contributed by atoms with Gasteiger partial charge in [-0.1, -0.05) is 29.5 Å². The second-order valence-corrected chi connectivity index (χ2v) is 6.41. The van der Waals surface area contributed by atoms with E-state index in [4.69, 9.17) is 17.3 Å². The molecule has 0 spiro atoms. The molecule has 0 unspecified atom stereocenters. The topological polar surface area (TPSA) is 77.0 Å². The van der Waals surface area contributed by atoms with Crippen LogP contribution >= 0.6 is 11.6 Å². The van der Waals surface area contributed by atoms with Crippen molar-refractivity contribution in [3.63, 3.8) is 0 Å². The molecule has 0 radical (unpaired) electrons. The van der Waals surface area contributed by atoms with E-state index in [2.05, 4.69) is 21.8 Å². The average molecular weight is 339 g/mol. The summed E-state index contributed by atoms with van der Waals surface area (Å²) in [5, 5.41) is 11.4. The highest BCUT2D eigenvalue weighted by atomic mass is 35.5. The van der Waals surface area contributed by atoms with Crippen molar-refractivity contribution in [2.24, 2.45) is 0 Å². The van der Waals surface area contributed by atoms with Crippen molar-refractivity contribution in [1.82, 2.24) is 14.5 Å². The fraction of sp³-hybridized carbons (Fsp3) is 0.222. The monoisotopic (exact) mass is 338 g/mol.